The number of thioether (sulfide) groups is 1. The Kier molecular flexibility index (Phi) is 3.10. The van der Waals surface area contributed by atoms with Gasteiger partial charge in [-0.05, 0) is 47.6 Å². The van der Waals surface area contributed by atoms with Gasteiger partial charge in [-0.15, -0.1) is 11.8 Å². The largest absolute Gasteiger partial charge is 0.497 e. The number of methoxy groups -OCH3 is 1. The van der Waals surface area contributed by atoms with Crippen molar-refractivity contribution in [1.82, 2.24) is 0 Å². The molecule has 122 valence electrons. The number of ether oxygens (including phenoxy) is 1. The van der Waals surface area contributed by atoms with E-state index in [9.17, 15) is 4.79 Å². The van der Waals surface area contributed by atoms with Gasteiger partial charge in [0.15, 0.2) is 0 Å². The highest BCUT2D eigenvalue weighted by molar-refractivity contribution is 7.99. The van der Waals surface area contributed by atoms with Crippen molar-refractivity contribution in [3.8, 4) is 5.75 Å². The average Bonchev–Trinajstić information content (AvgIpc) is 2.79. The van der Waals surface area contributed by atoms with Crippen molar-refractivity contribution in [3.63, 3.8) is 0 Å². The molecule has 4 rings (SSSR count). The predicted molar refractivity (Wildman–Crippen MR) is 94.9 cm³/mol. The molecule has 0 radical (unpaired) electrons. The molecule has 23 heavy (non-hydrogen) atoms. The van der Waals surface area contributed by atoms with Crippen LogP contribution in [0.2, 0.25) is 0 Å². The second-order valence-electron chi connectivity index (χ2n) is 7.89. The maximum Gasteiger partial charge on any atom is 0.139 e. The van der Waals surface area contributed by atoms with Crippen LogP contribution in [0.25, 0.3) is 5.57 Å². The first-order valence-corrected chi connectivity index (χ1v) is 9.39. The molecule has 2 aliphatic carbocycles. The molecule has 1 aromatic carbocycles. The number of benzene rings is 1. The van der Waals surface area contributed by atoms with Gasteiger partial charge in [0.1, 0.15) is 11.5 Å². The molecule has 3 aliphatic rings. The van der Waals surface area contributed by atoms with Gasteiger partial charge in [0.2, 0.25) is 0 Å². The van der Waals surface area contributed by atoms with Crippen LogP contribution in [0.5, 0.6) is 5.75 Å². The van der Waals surface area contributed by atoms with Gasteiger partial charge in [-0.2, -0.15) is 0 Å². The Labute approximate surface area is 142 Å². The Morgan fingerprint density at radius 1 is 1.17 bits per heavy atom. The van der Waals surface area contributed by atoms with Crippen LogP contribution in [0.1, 0.15) is 45.6 Å². The van der Waals surface area contributed by atoms with E-state index >= 15 is 0 Å². The molecule has 3 unspecified atom stereocenters. The number of hydrogen-bond acceptors (Lipinski definition) is 3. The number of allylic oxidation sites excluding steroid dienone is 2. The summed E-state index contributed by atoms with van der Waals surface area (Å²) in [5, 5.41) is 0. The molecule has 0 N–H and O–H groups in total. The van der Waals surface area contributed by atoms with Crippen molar-refractivity contribution in [3.05, 3.63) is 29.8 Å². The molecule has 3 heteroatoms. The van der Waals surface area contributed by atoms with Gasteiger partial charge >= 0.3 is 0 Å². The van der Waals surface area contributed by atoms with Crippen molar-refractivity contribution in [1.29, 1.82) is 0 Å². The number of carbonyl (C=O) groups excluding carboxylic acids is 1. The van der Waals surface area contributed by atoms with E-state index in [-0.39, 0.29) is 16.2 Å². The molecule has 1 aliphatic heterocycles. The minimum Gasteiger partial charge on any atom is -0.497 e. The number of hydrogen-bond donors (Lipinski definition) is 0. The highest BCUT2D eigenvalue weighted by atomic mass is 32.2. The zero-order valence-corrected chi connectivity index (χ0v) is 15.2. The van der Waals surface area contributed by atoms with E-state index in [0.29, 0.717) is 5.78 Å². The quantitative estimate of drug-likeness (QED) is 0.728. The molecule has 0 saturated heterocycles. The molecule has 0 spiro atoms. The van der Waals surface area contributed by atoms with E-state index in [0.717, 1.165) is 30.8 Å². The van der Waals surface area contributed by atoms with E-state index in [1.165, 1.54) is 16.0 Å². The van der Waals surface area contributed by atoms with Crippen molar-refractivity contribution in [2.75, 3.05) is 12.9 Å². The van der Waals surface area contributed by atoms with Crippen molar-refractivity contribution < 1.29 is 9.53 Å². The van der Waals surface area contributed by atoms with Gasteiger partial charge in [0, 0.05) is 27.9 Å². The van der Waals surface area contributed by atoms with E-state index in [1.54, 1.807) is 7.11 Å². The zero-order chi connectivity index (χ0) is 16.5. The van der Waals surface area contributed by atoms with Crippen LogP contribution in [0.4, 0.5) is 0 Å². The Morgan fingerprint density at radius 3 is 2.70 bits per heavy atom. The Hall–Kier alpha value is -1.22. The van der Waals surface area contributed by atoms with Gasteiger partial charge < -0.3 is 4.74 Å². The van der Waals surface area contributed by atoms with Crippen LogP contribution in [-0.2, 0) is 4.79 Å². The summed E-state index contributed by atoms with van der Waals surface area (Å²) in [6.45, 7) is 6.95. The minimum atomic E-state index is -0.199. The van der Waals surface area contributed by atoms with Crippen LogP contribution in [0, 0.1) is 16.2 Å². The summed E-state index contributed by atoms with van der Waals surface area (Å²) in [5.74, 6) is 2.42. The van der Waals surface area contributed by atoms with Crippen LogP contribution in [0.3, 0.4) is 0 Å². The smallest absolute Gasteiger partial charge is 0.139 e. The summed E-state index contributed by atoms with van der Waals surface area (Å²) >= 11 is 1.92. The third kappa shape index (κ3) is 1.69. The number of Topliss-reactive ketones (excluding diaryl/α,β-unsaturated/α-hetero) is 1. The molecule has 1 heterocycles. The lowest BCUT2D eigenvalue weighted by Gasteiger charge is -2.58. The van der Waals surface area contributed by atoms with E-state index in [1.807, 2.05) is 11.8 Å². The van der Waals surface area contributed by atoms with Crippen molar-refractivity contribution in [2.24, 2.45) is 16.2 Å². The average molecular weight is 328 g/mol. The molecule has 3 atom stereocenters. The standard InChI is InChI=1S/C20H24O2S/c1-18-9-7-15-14-6-5-13(22-4)11-16(14)23-12-19(15,2)20(18,3)10-8-17(18)21/h5-7,11H,8-10,12H2,1-4H3. The Balaban J connectivity index is 1.89. The fourth-order valence-corrected chi connectivity index (χ4v) is 6.56. The zero-order valence-electron chi connectivity index (χ0n) is 14.4. The highest BCUT2D eigenvalue weighted by Crippen LogP contribution is 2.70. The van der Waals surface area contributed by atoms with Crippen molar-refractivity contribution in [2.45, 2.75) is 44.9 Å². The van der Waals surface area contributed by atoms with Crippen LogP contribution >= 0.6 is 11.8 Å². The first kappa shape index (κ1) is 15.3. The van der Waals surface area contributed by atoms with E-state index < -0.39 is 0 Å². The molecule has 1 saturated carbocycles. The third-order valence-corrected chi connectivity index (χ3v) is 8.58. The summed E-state index contributed by atoms with van der Waals surface area (Å²) in [6.07, 6.45) is 4.99. The SMILES string of the molecule is COc1ccc2c(c1)SCC1(C)C2=CCC2(C)C(=O)CCC21C. The summed E-state index contributed by atoms with van der Waals surface area (Å²) in [7, 11) is 1.72. The third-order valence-electron chi connectivity index (χ3n) is 7.21. The van der Waals surface area contributed by atoms with Crippen LogP contribution < -0.4 is 4.74 Å². The monoisotopic (exact) mass is 328 g/mol. The maximum atomic E-state index is 12.6. The summed E-state index contributed by atoms with van der Waals surface area (Å²) in [5.41, 5.74) is 2.69. The van der Waals surface area contributed by atoms with Gasteiger partial charge in [-0.3, -0.25) is 4.79 Å². The van der Waals surface area contributed by atoms with Gasteiger partial charge in [-0.25, -0.2) is 0 Å². The summed E-state index contributed by atoms with van der Waals surface area (Å²) in [4.78, 5) is 13.9. The van der Waals surface area contributed by atoms with Gasteiger partial charge in [0.25, 0.3) is 0 Å². The predicted octanol–water partition coefficient (Wildman–Crippen LogP) is 4.97. The summed E-state index contributed by atoms with van der Waals surface area (Å²) < 4.78 is 5.38. The molecule has 0 amide bonds. The molecule has 2 nitrogen and oxygen atoms in total. The van der Waals surface area contributed by atoms with E-state index in [2.05, 4.69) is 45.0 Å². The number of rotatable bonds is 1. The fourth-order valence-electron chi connectivity index (χ4n) is 5.11. The topological polar surface area (TPSA) is 26.3 Å². The number of ketones is 1. The van der Waals surface area contributed by atoms with Crippen LogP contribution in [-0.4, -0.2) is 18.6 Å². The Morgan fingerprint density at radius 2 is 1.96 bits per heavy atom. The van der Waals surface area contributed by atoms with Gasteiger partial charge in [-0.1, -0.05) is 26.8 Å². The van der Waals surface area contributed by atoms with Gasteiger partial charge in [0.05, 0.1) is 7.11 Å². The number of fused-ring (bicyclic) bond motifs is 5. The molecular weight excluding hydrogens is 304 g/mol. The number of carbonyl (C=O) groups is 1. The fraction of sp³-hybridized carbons (Fsp3) is 0.550. The minimum absolute atomic E-state index is 0.0474. The first-order chi connectivity index (χ1) is 10.9. The van der Waals surface area contributed by atoms with Crippen LogP contribution in [0.15, 0.2) is 29.2 Å². The summed E-state index contributed by atoms with van der Waals surface area (Å²) in [6, 6.07) is 6.41. The second-order valence-corrected chi connectivity index (χ2v) is 8.91. The lowest BCUT2D eigenvalue weighted by Crippen LogP contribution is -2.53. The Bertz CT molecular complexity index is 737. The molecule has 1 aromatic rings. The first-order valence-electron chi connectivity index (χ1n) is 8.41. The molecule has 0 aromatic heterocycles. The van der Waals surface area contributed by atoms with Crippen molar-refractivity contribution >= 4 is 23.1 Å². The molecular formula is C20H24O2S. The van der Waals surface area contributed by atoms with E-state index in [4.69, 9.17) is 4.74 Å². The maximum absolute atomic E-state index is 12.6. The molecule has 0 bridgehead atoms. The second kappa shape index (κ2) is 4.66. The lowest BCUT2D eigenvalue weighted by atomic mass is 9.48. The molecule has 1 fully saturated rings. The lowest BCUT2D eigenvalue weighted by molar-refractivity contribution is -0.131. The highest BCUT2D eigenvalue weighted by Gasteiger charge is 2.65. The normalized spacial score (nSPS) is 38.4.